The van der Waals surface area contributed by atoms with E-state index in [2.05, 4.69) is 29.2 Å². The van der Waals surface area contributed by atoms with Crippen LogP contribution in [0.25, 0.3) is 4.91 Å². The molecular weight excluding hydrogens is 489 g/mol. The number of rotatable bonds is 9. The molecule has 200 valence electrons. The molecule has 2 unspecified atom stereocenters. The standard InChI is InChI=1S/C28H38FN5O2S/c1-27(2,36)19-10-11-22(23(29)15-19)24-12-13-28(37-24,16-25(30)35)32-26-9-5-7-20(31-26)17-34-14-6-8-21(18-34)33(3)4/h5,7,9-12,15,21,36H,6,8,13-14,16-18H2,1-4H3,(H2,30,35)(H,31,32). The SMILES string of the molecule is CN(C)C1CCCN(Cc2cccc(NC3(CC(N)=O)CC=C(c4ccc(C(C)(C)O)cc4F)S3)n2)C1. The second-order valence-corrected chi connectivity index (χ2v) is 12.3. The molecule has 2 aromatic rings. The molecule has 7 nitrogen and oxygen atoms in total. The van der Waals surface area contributed by atoms with Gasteiger partial charge < -0.3 is 21.1 Å². The lowest BCUT2D eigenvalue weighted by Crippen LogP contribution is -2.44. The summed E-state index contributed by atoms with van der Waals surface area (Å²) in [5.41, 5.74) is 6.41. The fourth-order valence-electron chi connectivity index (χ4n) is 5.02. The maximum atomic E-state index is 15.0. The number of primary amides is 1. The number of thioether (sulfide) groups is 1. The molecule has 1 fully saturated rings. The first-order chi connectivity index (χ1) is 17.4. The predicted octanol–water partition coefficient (Wildman–Crippen LogP) is 4.14. The highest BCUT2D eigenvalue weighted by Gasteiger charge is 2.39. The summed E-state index contributed by atoms with van der Waals surface area (Å²) < 4.78 is 15.0. The number of nitrogens with zero attached hydrogens (tertiary/aromatic N) is 3. The first kappa shape index (κ1) is 27.6. The lowest BCUT2D eigenvalue weighted by atomic mass is 9.96. The van der Waals surface area contributed by atoms with Gasteiger partial charge in [0.15, 0.2) is 0 Å². The van der Waals surface area contributed by atoms with Crippen molar-refractivity contribution in [1.82, 2.24) is 14.8 Å². The van der Waals surface area contributed by atoms with E-state index >= 15 is 4.39 Å². The number of anilines is 1. The molecule has 3 heterocycles. The fourth-order valence-corrected chi connectivity index (χ4v) is 6.42. The van der Waals surface area contributed by atoms with E-state index in [1.165, 1.54) is 30.7 Å². The summed E-state index contributed by atoms with van der Waals surface area (Å²) >= 11 is 1.40. The van der Waals surface area contributed by atoms with Crippen LogP contribution >= 0.6 is 11.8 Å². The van der Waals surface area contributed by atoms with Gasteiger partial charge in [-0.3, -0.25) is 9.69 Å². The molecule has 1 aromatic carbocycles. The van der Waals surface area contributed by atoms with Gasteiger partial charge in [0.25, 0.3) is 0 Å². The summed E-state index contributed by atoms with van der Waals surface area (Å²) in [5.74, 6) is -0.183. The van der Waals surface area contributed by atoms with Crippen molar-refractivity contribution in [1.29, 1.82) is 0 Å². The van der Waals surface area contributed by atoms with Crippen molar-refractivity contribution in [2.75, 3.05) is 32.5 Å². The van der Waals surface area contributed by atoms with Crippen LogP contribution in [0.5, 0.6) is 0 Å². The number of hydrogen-bond acceptors (Lipinski definition) is 7. The van der Waals surface area contributed by atoms with Gasteiger partial charge in [0, 0.05) is 36.0 Å². The summed E-state index contributed by atoms with van der Waals surface area (Å²) in [6, 6.07) is 11.2. The van der Waals surface area contributed by atoms with Gasteiger partial charge in [-0.25, -0.2) is 9.37 Å². The van der Waals surface area contributed by atoms with Crippen molar-refractivity contribution in [2.45, 2.75) is 62.6 Å². The molecule has 1 aromatic heterocycles. The average molecular weight is 528 g/mol. The molecule has 0 aliphatic carbocycles. The molecule has 1 saturated heterocycles. The molecule has 0 saturated carbocycles. The third kappa shape index (κ3) is 6.90. The number of aromatic nitrogens is 1. The van der Waals surface area contributed by atoms with E-state index in [0.717, 1.165) is 30.2 Å². The largest absolute Gasteiger partial charge is 0.386 e. The first-order valence-corrected chi connectivity index (χ1v) is 13.6. The van der Waals surface area contributed by atoms with Gasteiger partial charge in [0.1, 0.15) is 16.5 Å². The van der Waals surface area contributed by atoms with Crippen molar-refractivity contribution >= 4 is 28.4 Å². The predicted molar refractivity (Wildman–Crippen MR) is 148 cm³/mol. The molecular formula is C28H38FN5O2S. The van der Waals surface area contributed by atoms with Crippen molar-refractivity contribution in [2.24, 2.45) is 5.73 Å². The maximum Gasteiger partial charge on any atom is 0.220 e. The van der Waals surface area contributed by atoms with E-state index in [1.54, 1.807) is 26.0 Å². The van der Waals surface area contributed by atoms with Gasteiger partial charge in [-0.05, 0) is 71.1 Å². The van der Waals surface area contributed by atoms with Gasteiger partial charge in [0.2, 0.25) is 5.91 Å². The zero-order chi connectivity index (χ0) is 26.8. The van der Waals surface area contributed by atoms with Crippen LogP contribution in [-0.4, -0.2) is 63.9 Å². The van der Waals surface area contributed by atoms with Crippen molar-refractivity contribution in [3.05, 3.63) is 65.1 Å². The highest BCUT2D eigenvalue weighted by Crippen LogP contribution is 2.49. The van der Waals surface area contributed by atoms with Crippen LogP contribution in [0, 0.1) is 5.82 Å². The van der Waals surface area contributed by atoms with Crippen LogP contribution in [0.4, 0.5) is 10.2 Å². The Bertz CT molecular complexity index is 1170. The van der Waals surface area contributed by atoms with Gasteiger partial charge in [-0.2, -0.15) is 0 Å². The third-order valence-corrected chi connectivity index (χ3v) is 8.49. The van der Waals surface area contributed by atoms with E-state index in [4.69, 9.17) is 10.7 Å². The summed E-state index contributed by atoms with van der Waals surface area (Å²) in [7, 11) is 4.26. The zero-order valence-electron chi connectivity index (χ0n) is 22.1. The quantitative estimate of drug-likeness (QED) is 0.451. The van der Waals surface area contributed by atoms with E-state index < -0.39 is 22.2 Å². The number of aliphatic hydroxyl groups is 1. The number of hydrogen-bond donors (Lipinski definition) is 3. The third-order valence-electron chi connectivity index (χ3n) is 7.08. The number of likely N-dealkylation sites (N-methyl/N-ethyl adjacent to an activating group) is 1. The van der Waals surface area contributed by atoms with E-state index in [0.29, 0.717) is 29.4 Å². The molecule has 4 N–H and O–H groups in total. The van der Waals surface area contributed by atoms with Gasteiger partial charge in [-0.1, -0.05) is 36.0 Å². The molecule has 1 amide bonds. The second kappa shape index (κ2) is 11.1. The molecule has 2 atom stereocenters. The minimum Gasteiger partial charge on any atom is -0.386 e. The summed E-state index contributed by atoms with van der Waals surface area (Å²) in [6.45, 7) is 6.08. The number of halogens is 1. The highest BCUT2D eigenvalue weighted by atomic mass is 32.2. The average Bonchev–Trinajstić information content (AvgIpc) is 3.21. The van der Waals surface area contributed by atoms with Crippen LogP contribution < -0.4 is 11.1 Å². The fraction of sp³-hybridized carbons (Fsp3) is 0.500. The van der Waals surface area contributed by atoms with Gasteiger partial charge >= 0.3 is 0 Å². The molecule has 0 bridgehead atoms. The Hall–Kier alpha value is -2.46. The van der Waals surface area contributed by atoms with E-state index in [9.17, 15) is 9.90 Å². The molecule has 9 heteroatoms. The summed E-state index contributed by atoms with van der Waals surface area (Å²) in [6.07, 6.45) is 4.87. The number of carbonyl (C=O) groups is 1. The van der Waals surface area contributed by atoms with Crippen LogP contribution in [0.1, 0.15) is 56.4 Å². The molecule has 2 aliphatic rings. The minimum absolute atomic E-state index is 0.0730. The smallest absolute Gasteiger partial charge is 0.220 e. The van der Waals surface area contributed by atoms with Crippen molar-refractivity contribution in [3.63, 3.8) is 0 Å². The number of benzene rings is 1. The zero-order valence-corrected chi connectivity index (χ0v) is 22.9. The number of carbonyl (C=O) groups excluding carboxylic acids is 1. The van der Waals surface area contributed by atoms with Crippen molar-refractivity contribution < 1.29 is 14.3 Å². The van der Waals surface area contributed by atoms with Gasteiger partial charge in [0.05, 0.1) is 17.7 Å². The first-order valence-electron chi connectivity index (χ1n) is 12.8. The Kier molecular flexibility index (Phi) is 8.28. The van der Waals surface area contributed by atoms with Crippen LogP contribution in [0.15, 0.2) is 42.5 Å². The molecule has 2 aliphatic heterocycles. The summed E-state index contributed by atoms with van der Waals surface area (Å²) in [4.78, 5) is 21.6. The van der Waals surface area contributed by atoms with Crippen molar-refractivity contribution in [3.8, 4) is 0 Å². The molecule has 0 spiro atoms. The van der Waals surface area contributed by atoms with E-state index in [1.807, 2.05) is 24.3 Å². The lowest BCUT2D eigenvalue weighted by Gasteiger charge is -2.36. The molecule has 37 heavy (non-hydrogen) atoms. The number of pyridine rings is 1. The lowest BCUT2D eigenvalue weighted by molar-refractivity contribution is -0.118. The number of amides is 1. The topological polar surface area (TPSA) is 94.7 Å². The van der Waals surface area contributed by atoms with Gasteiger partial charge in [-0.15, -0.1) is 0 Å². The number of nitrogens with two attached hydrogens (primary N) is 1. The van der Waals surface area contributed by atoms with Crippen LogP contribution in [0.3, 0.4) is 0 Å². The second-order valence-electron chi connectivity index (χ2n) is 10.9. The van der Waals surface area contributed by atoms with Crippen LogP contribution in [0.2, 0.25) is 0 Å². The van der Waals surface area contributed by atoms with Crippen LogP contribution in [-0.2, 0) is 16.9 Å². The van der Waals surface area contributed by atoms with E-state index in [-0.39, 0.29) is 6.42 Å². The Morgan fingerprint density at radius 2 is 2.14 bits per heavy atom. The molecule has 4 rings (SSSR count). The number of likely N-dealkylation sites (tertiary alicyclic amines) is 1. The Labute approximate surface area is 223 Å². The normalized spacial score (nSPS) is 22.8. The minimum atomic E-state index is -1.13. The number of piperidine rings is 1. The molecule has 0 radical (unpaired) electrons. The monoisotopic (exact) mass is 527 g/mol. The number of nitrogens with one attached hydrogen (secondary N) is 1. The highest BCUT2D eigenvalue weighted by molar-refractivity contribution is 8.10. The summed E-state index contributed by atoms with van der Waals surface area (Å²) in [5, 5.41) is 13.7. The Balaban J connectivity index is 1.49. The maximum absolute atomic E-state index is 15.0. The Morgan fingerprint density at radius 3 is 2.81 bits per heavy atom. The Morgan fingerprint density at radius 1 is 1.35 bits per heavy atom.